The van der Waals surface area contributed by atoms with Gasteiger partial charge in [-0.25, -0.2) is 0 Å². The second kappa shape index (κ2) is 4.24. The van der Waals surface area contributed by atoms with E-state index in [4.69, 9.17) is 0 Å². The largest absolute Gasteiger partial charge is 0.508 e. The average molecular weight is 253 g/mol. The van der Waals surface area contributed by atoms with Gasteiger partial charge in [-0.05, 0) is 29.8 Å². The fraction of sp³-hybridized carbons (Fsp3) is 0.0667. The van der Waals surface area contributed by atoms with Gasteiger partial charge >= 0.3 is 0 Å². The molecule has 0 fully saturated rings. The van der Waals surface area contributed by atoms with E-state index in [9.17, 15) is 14.7 Å². The number of carbonyl (C=O) groups excluding carboxylic acids is 2. The van der Waals surface area contributed by atoms with Crippen LogP contribution in [0.15, 0.2) is 48.5 Å². The summed E-state index contributed by atoms with van der Waals surface area (Å²) in [5, 5.41) is 9.40. The Morgan fingerprint density at radius 3 is 2.11 bits per heavy atom. The molecule has 2 aromatic carbocycles. The molecule has 0 unspecified atom stereocenters. The van der Waals surface area contributed by atoms with E-state index in [0.29, 0.717) is 11.1 Å². The topological polar surface area (TPSA) is 57.6 Å². The van der Waals surface area contributed by atoms with Crippen molar-refractivity contribution >= 4 is 11.8 Å². The lowest BCUT2D eigenvalue weighted by atomic mass is 10.1. The van der Waals surface area contributed by atoms with Gasteiger partial charge in [0.05, 0.1) is 17.7 Å². The smallest absolute Gasteiger partial charge is 0.261 e. The second-order valence-electron chi connectivity index (χ2n) is 4.41. The fourth-order valence-corrected chi connectivity index (χ4v) is 2.22. The first-order valence-corrected chi connectivity index (χ1v) is 5.90. The third-order valence-corrected chi connectivity index (χ3v) is 3.13. The van der Waals surface area contributed by atoms with Gasteiger partial charge in [0.15, 0.2) is 0 Å². The Morgan fingerprint density at radius 1 is 0.895 bits per heavy atom. The fourth-order valence-electron chi connectivity index (χ4n) is 2.22. The standard InChI is InChI=1S/C15H11NO3/c17-11-5-3-4-10(8-11)9-16-14(18)12-6-1-2-7-13(12)15(16)19/h1-8,17H,9H2. The zero-order chi connectivity index (χ0) is 13.4. The number of benzene rings is 2. The summed E-state index contributed by atoms with van der Waals surface area (Å²) >= 11 is 0. The number of imide groups is 1. The van der Waals surface area contributed by atoms with Crippen LogP contribution in [-0.2, 0) is 6.54 Å². The normalized spacial score (nSPS) is 13.8. The lowest BCUT2D eigenvalue weighted by molar-refractivity contribution is 0.0642. The molecule has 1 heterocycles. The van der Waals surface area contributed by atoms with Crippen molar-refractivity contribution in [1.82, 2.24) is 4.90 Å². The predicted molar refractivity (Wildman–Crippen MR) is 68.8 cm³/mol. The minimum Gasteiger partial charge on any atom is -0.508 e. The van der Waals surface area contributed by atoms with Gasteiger partial charge in [-0.2, -0.15) is 0 Å². The zero-order valence-electron chi connectivity index (χ0n) is 10.0. The Morgan fingerprint density at radius 2 is 1.53 bits per heavy atom. The van der Waals surface area contributed by atoms with Crippen molar-refractivity contribution in [2.24, 2.45) is 0 Å². The van der Waals surface area contributed by atoms with Gasteiger partial charge in [-0.1, -0.05) is 24.3 Å². The van der Waals surface area contributed by atoms with Gasteiger partial charge in [-0.3, -0.25) is 14.5 Å². The van der Waals surface area contributed by atoms with Crippen LogP contribution < -0.4 is 0 Å². The maximum Gasteiger partial charge on any atom is 0.261 e. The first kappa shape index (κ1) is 11.5. The van der Waals surface area contributed by atoms with Crippen molar-refractivity contribution in [2.45, 2.75) is 6.54 Å². The molecule has 0 bridgehead atoms. The van der Waals surface area contributed by atoms with Crippen LogP contribution in [0.5, 0.6) is 5.75 Å². The van der Waals surface area contributed by atoms with E-state index >= 15 is 0 Å². The van der Waals surface area contributed by atoms with Crippen LogP contribution in [0.4, 0.5) is 0 Å². The highest BCUT2D eigenvalue weighted by molar-refractivity contribution is 6.21. The molecule has 0 radical (unpaired) electrons. The molecule has 94 valence electrons. The number of nitrogens with zero attached hydrogens (tertiary/aromatic N) is 1. The van der Waals surface area contributed by atoms with Gasteiger partial charge < -0.3 is 5.11 Å². The zero-order valence-corrected chi connectivity index (χ0v) is 10.0. The van der Waals surface area contributed by atoms with Gasteiger partial charge in [0.25, 0.3) is 11.8 Å². The quantitative estimate of drug-likeness (QED) is 0.834. The van der Waals surface area contributed by atoms with E-state index in [1.165, 1.54) is 4.90 Å². The Kier molecular flexibility index (Phi) is 2.56. The molecule has 0 saturated heterocycles. The summed E-state index contributed by atoms with van der Waals surface area (Å²) in [5.74, 6) is -0.456. The number of rotatable bonds is 2. The summed E-state index contributed by atoms with van der Waals surface area (Å²) in [6, 6.07) is 13.3. The molecule has 0 spiro atoms. The second-order valence-corrected chi connectivity index (χ2v) is 4.41. The number of amides is 2. The predicted octanol–water partition coefficient (Wildman–Crippen LogP) is 2.19. The average Bonchev–Trinajstić information content (AvgIpc) is 2.65. The van der Waals surface area contributed by atoms with Crippen LogP contribution >= 0.6 is 0 Å². The third kappa shape index (κ3) is 1.87. The Hall–Kier alpha value is -2.62. The van der Waals surface area contributed by atoms with E-state index in [-0.39, 0.29) is 24.1 Å². The number of aromatic hydroxyl groups is 1. The van der Waals surface area contributed by atoms with Gasteiger partial charge in [-0.15, -0.1) is 0 Å². The van der Waals surface area contributed by atoms with Crippen molar-refractivity contribution in [1.29, 1.82) is 0 Å². The molecule has 19 heavy (non-hydrogen) atoms. The van der Waals surface area contributed by atoms with E-state index in [1.54, 1.807) is 48.5 Å². The molecule has 4 heteroatoms. The first-order chi connectivity index (χ1) is 9.16. The lowest BCUT2D eigenvalue weighted by Gasteiger charge is -2.13. The van der Waals surface area contributed by atoms with Crippen LogP contribution in [0.2, 0.25) is 0 Å². The first-order valence-electron chi connectivity index (χ1n) is 5.90. The van der Waals surface area contributed by atoms with E-state index in [1.807, 2.05) is 0 Å². The molecule has 1 N–H and O–H groups in total. The molecular weight excluding hydrogens is 242 g/mol. The van der Waals surface area contributed by atoms with Gasteiger partial charge in [0.1, 0.15) is 5.75 Å². The number of phenols is 1. The van der Waals surface area contributed by atoms with Crippen molar-refractivity contribution in [3.63, 3.8) is 0 Å². The van der Waals surface area contributed by atoms with Crippen molar-refractivity contribution < 1.29 is 14.7 Å². The minimum atomic E-state index is -0.288. The molecule has 0 atom stereocenters. The molecule has 2 amide bonds. The van der Waals surface area contributed by atoms with Crippen LogP contribution in [0.3, 0.4) is 0 Å². The highest BCUT2D eigenvalue weighted by Gasteiger charge is 2.34. The highest BCUT2D eigenvalue weighted by Crippen LogP contribution is 2.24. The summed E-state index contributed by atoms with van der Waals surface area (Å²) in [7, 11) is 0. The number of hydrogen-bond acceptors (Lipinski definition) is 3. The van der Waals surface area contributed by atoms with Crippen molar-refractivity contribution in [3.8, 4) is 5.75 Å². The number of phenolic OH excluding ortho intramolecular Hbond substituents is 1. The molecule has 3 rings (SSSR count). The third-order valence-electron chi connectivity index (χ3n) is 3.13. The Bertz CT molecular complexity index is 644. The van der Waals surface area contributed by atoms with Crippen molar-refractivity contribution in [3.05, 3.63) is 65.2 Å². The minimum absolute atomic E-state index is 0.120. The molecule has 0 saturated carbocycles. The van der Waals surface area contributed by atoms with Crippen LogP contribution in [0.25, 0.3) is 0 Å². The number of carbonyl (C=O) groups is 2. The maximum atomic E-state index is 12.1. The Balaban J connectivity index is 1.92. The van der Waals surface area contributed by atoms with Gasteiger partial charge in [0, 0.05) is 0 Å². The number of fused-ring (bicyclic) bond motifs is 1. The van der Waals surface area contributed by atoms with Crippen LogP contribution in [-0.4, -0.2) is 21.8 Å². The summed E-state index contributed by atoms with van der Waals surface area (Å²) < 4.78 is 0. The maximum absolute atomic E-state index is 12.1. The van der Waals surface area contributed by atoms with Gasteiger partial charge in [0.2, 0.25) is 0 Å². The van der Waals surface area contributed by atoms with E-state index in [2.05, 4.69) is 0 Å². The molecule has 1 aliphatic heterocycles. The highest BCUT2D eigenvalue weighted by atomic mass is 16.3. The van der Waals surface area contributed by atoms with E-state index < -0.39 is 0 Å². The molecule has 0 aliphatic carbocycles. The SMILES string of the molecule is O=C1c2ccccc2C(=O)N1Cc1cccc(O)c1. The lowest BCUT2D eigenvalue weighted by Crippen LogP contribution is -2.29. The summed E-state index contributed by atoms with van der Waals surface area (Å²) in [4.78, 5) is 25.5. The molecule has 1 aliphatic rings. The molecule has 0 aromatic heterocycles. The van der Waals surface area contributed by atoms with Crippen LogP contribution in [0, 0.1) is 0 Å². The Labute approximate surface area is 109 Å². The summed E-state index contributed by atoms with van der Waals surface area (Å²) in [6.45, 7) is 0.167. The summed E-state index contributed by atoms with van der Waals surface area (Å²) in [5.41, 5.74) is 1.59. The molecule has 2 aromatic rings. The van der Waals surface area contributed by atoms with Crippen molar-refractivity contribution in [2.75, 3.05) is 0 Å². The monoisotopic (exact) mass is 253 g/mol. The van der Waals surface area contributed by atoms with E-state index in [0.717, 1.165) is 5.56 Å². The molecule has 4 nitrogen and oxygen atoms in total. The van der Waals surface area contributed by atoms with Crippen LogP contribution in [0.1, 0.15) is 26.3 Å². The molecular formula is C15H11NO3. The number of hydrogen-bond donors (Lipinski definition) is 1. The summed E-state index contributed by atoms with van der Waals surface area (Å²) in [6.07, 6.45) is 0.